The average molecular weight is 451 g/mol. The lowest BCUT2D eigenvalue weighted by Gasteiger charge is -2.33. The second-order valence-electron chi connectivity index (χ2n) is 7.11. The highest BCUT2D eigenvalue weighted by Crippen LogP contribution is 2.41. The van der Waals surface area contributed by atoms with Crippen molar-refractivity contribution < 1.29 is 24.1 Å². The molecule has 0 bridgehead atoms. The number of rotatable bonds is 5. The fourth-order valence-electron chi connectivity index (χ4n) is 3.70. The van der Waals surface area contributed by atoms with Crippen LogP contribution in [0.1, 0.15) is 38.4 Å². The zero-order valence-corrected chi connectivity index (χ0v) is 18.8. The molecule has 1 aliphatic heterocycles. The van der Waals surface area contributed by atoms with Gasteiger partial charge in [0, 0.05) is 23.5 Å². The molecule has 0 fully saturated rings. The molecule has 4 rings (SSSR count). The number of nitrogens with zero attached hydrogens (tertiary/aromatic N) is 4. The number of carbonyl (C=O) groups is 2. The van der Waals surface area contributed by atoms with E-state index in [0.29, 0.717) is 33.4 Å². The molecule has 0 saturated heterocycles. The largest absolute Gasteiger partial charge is 0.854 e. The standard InChI is InChI=1S/C23H22N4O4S/c1-4-18(28)26-17-12-7-6-11-16(17)20-21(30)24-23(32-3)25-27(20)22(26)14-9-8-10-15(13-14)31-19(29)5-2/h6-13,22H,4-5H2,1-3H3. The van der Waals surface area contributed by atoms with E-state index in [9.17, 15) is 14.7 Å². The quantitative estimate of drug-likeness (QED) is 0.255. The normalized spacial score (nSPS) is 14.5. The Bertz CT molecular complexity index is 1200. The predicted octanol–water partition coefficient (Wildman–Crippen LogP) is 2.85. The lowest BCUT2D eigenvalue weighted by atomic mass is 10.0. The van der Waals surface area contributed by atoms with Crippen LogP contribution in [0.2, 0.25) is 0 Å². The number of ether oxygens (including phenoxy) is 1. The van der Waals surface area contributed by atoms with Crippen LogP contribution in [0.3, 0.4) is 0 Å². The number of amides is 1. The van der Waals surface area contributed by atoms with Crippen LogP contribution in [-0.2, 0) is 9.59 Å². The molecule has 32 heavy (non-hydrogen) atoms. The van der Waals surface area contributed by atoms with Crippen molar-refractivity contribution in [3.8, 4) is 22.9 Å². The minimum absolute atomic E-state index is 0.131. The molecule has 0 radical (unpaired) electrons. The molecular weight excluding hydrogens is 428 g/mol. The summed E-state index contributed by atoms with van der Waals surface area (Å²) in [4.78, 5) is 30.7. The summed E-state index contributed by atoms with van der Waals surface area (Å²) in [7, 11) is 0. The van der Waals surface area contributed by atoms with Gasteiger partial charge in [-0.25, -0.2) is 9.88 Å². The van der Waals surface area contributed by atoms with E-state index in [1.165, 1.54) is 11.8 Å². The molecule has 2 heterocycles. The minimum atomic E-state index is -0.741. The molecule has 1 unspecified atom stereocenters. The van der Waals surface area contributed by atoms with Crippen molar-refractivity contribution in [1.82, 2.24) is 10.1 Å². The number of thioether (sulfide) groups is 1. The summed E-state index contributed by atoms with van der Waals surface area (Å²) in [6, 6.07) is 14.2. The first-order valence-electron chi connectivity index (χ1n) is 10.2. The minimum Gasteiger partial charge on any atom is -0.854 e. The van der Waals surface area contributed by atoms with Crippen LogP contribution in [0.5, 0.6) is 11.6 Å². The maximum absolute atomic E-state index is 13.2. The van der Waals surface area contributed by atoms with Crippen molar-refractivity contribution >= 4 is 29.3 Å². The van der Waals surface area contributed by atoms with Crippen molar-refractivity contribution in [2.75, 3.05) is 11.2 Å². The first-order chi connectivity index (χ1) is 15.5. The van der Waals surface area contributed by atoms with Crippen molar-refractivity contribution in [2.45, 2.75) is 38.0 Å². The summed E-state index contributed by atoms with van der Waals surface area (Å²) < 4.78 is 6.95. The van der Waals surface area contributed by atoms with Gasteiger partial charge < -0.3 is 9.84 Å². The van der Waals surface area contributed by atoms with Crippen LogP contribution in [-0.4, -0.2) is 28.2 Å². The number of fused-ring (bicyclic) bond motifs is 3. The van der Waals surface area contributed by atoms with E-state index in [2.05, 4.69) is 10.1 Å². The Morgan fingerprint density at radius 2 is 1.94 bits per heavy atom. The van der Waals surface area contributed by atoms with Gasteiger partial charge in [-0.3, -0.25) is 9.59 Å². The highest BCUT2D eigenvalue weighted by molar-refractivity contribution is 7.98. The van der Waals surface area contributed by atoms with E-state index in [1.54, 1.807) is 54.0 Å². The van der Waals surface area contributed by atoms with E-state index in [-0.39, 0.29) is 24.7 Å². The summed E-state index contributed by atoms with van der Waals surface area (Å²) in [5, 5.41) is 17.9. The van der Waals surface area contributed by atoms with Crippen LogP contribution in [0.4, 0.5) is 5.69 Å². The van der Waals surface area contributed by atoms with Crippen molar-refractivity contribution in [3.63, 3.8) is 0 Å². The molecule has 9 heteroatoms. The number of hydrogen-bond donors (Lipinski definition) is 0. The van der Waals surface area contributed by atoms with Crippen molar-refractivity contribution in [1.29, 1.82) is 0 Å². The monoisotopic (exact) mass is 450 g/mol. The fraction of sp³-hybridized carbons (Fsp3) is 0.261. The first kappa shape index (κ1) is 21.8. The number of esters is 1. The third kappa shape index (κ3) is 3.80. The topological polar surface area (TPSA) is 99.3 Å². The maximum Gasteiger partial charge on any atom is 0.310 e. The number of anilines is 1. The van der Waals surface area contributed by atoms with E-state index in [0.717, 1.165) is 0 Å². The highest BCUT2D eigenvalue weighted by atomic mass is 32.2. The van der Waals surface area contributed by atoms with Crippen LogP contribution in [0.25, 0.3) is 11.3 Å². The lowest BCUT2D eigenvalue weighted by molar-refractivity contribution is -0.764. The molecule has 3 aromatic rings. The van der Waals surface area contributed by atoms with E-state index in [4.69, 9.17) is 4.74 Å². The lowest BCUT2D eigenvalue weighted by Crippen LogP contribution is -2.59. The number of hydrogen-bond acceptors (Lipinski definition) is 7. The Labute approximate surface area is 189 Å². The van der Waals surface area contributed by atoms with Gasteiger partial charge in [-0.15, -0.1) is 0 Å². The van der Waals surface area contributed by atoms with Crippen LogP contribution < -0.4 is 19.4 Å². The fourth-order valence-corrected chi connectivity index (χ4v) is 4.05. The van der Waals surface area contributed by atoms with Crippen molar-refractivity contribution in [3.05, 3.63) is 54.1 Å². The molecule has 1 atom stereocenters. The molecule has 0 spiro atoms. The Morgan fingerprint density at radius 1 is 1.16 bits per heavy atom. The van der Waals surface area contributed by atoms with Crippen LogP contribution in [0, 0.1) is 0 Å². The third-order valence-electron chi connectivity index (χ3n) is 5.15. The second-order valence-corrected chi connectivity index (χ2v) is 7.88. The summed E-state index contributed by atoms with van der Waals surface area (Å²) in [6.07, 6.45) is 1.54. The smallest absolute Gasteiger partial charge is 0.310 e. The Morgan fingerprint density at radius 3 is 2.66 bits per heavy atom. The van der Waals surface area contributed by atoms with E-state index >= 15 is 0 Å². The SMILES string of the molecule is CCC(=O)Oc1cccc(C2N(C(=O)CC)c3ccccc3-c3c([O-])nc(SC)n[n+]32)c1. The number of carbonyl (C=O) groups excluding carboxylic acids is 2. The number of para-hydroxylation sites is 1. The Hall–Kier alpha value is -3.46. The molecule has 0 N–H and O–H groups in total. The van der Waals surface area contributed by atoms with Gasteiger partial charge in [0.2, 0.25) is 5.91 Å². The summed E-state index contributed by atoms with van der Waals surface area (Å²) in [6.45, 7) is 3.50. The van der Waals surface area contributed by atoms with Gasteiger partial charge in [0.25, 0.3) is 17.0 Å². The molecular formula is C23H22N4O4S. The van der Waals surface area contributed by atoms with Crippen molar-refractivity contribution in [2.24, 2.45) is 0 Å². The van der Waals surface area contributed by atoms with Gasteiger partial charge in [-0.1, -0.05) is 48.5 Å². The second kappa shape index (κ2) is 8.96. The molecule has 0 aliphatic carbocycles. The highest BCUT2D eigenvalue weighted by Gasteiger charge is 2.44. The molecule has 1 aliphatic rings. The number of benzene rings is 2. The van der Waals surface area contributed by atoms with Gasteiger partial charge in [0.15, 0.2) is 0 Å². The molecule has 1 aromatic heterocycles. The first-order valence-corrected chi connectivity index (χ1v) is 11.5. The number of aromatic nitrogens is 3. The third-order valence-corrected chi connectivity index (χ3v) is 5.69. The predicted molar refractivity (Wildman–Crippen MR) is 117 cm³/mol. The Balaban J connectivity index is 1.98. The summed E-state index contributed by atoms with van der Waals surface area (Å²) in [5.41, 5.74) is 2.16. The molecule has 0 saturated carbocycles. The van der Waals surface area contributed by atoms with E-state index in [1.807, 2.05) is 24.3 Å². The van der Waals surface area contributed by atoms with Gasteiger partial charge in [0.1, 0.15) is 5.75 Å². The summed E-state index contributed by atoms with van der Waals surface area (Å²) in [5.74, 6) is -0.549. The molecule has 8 nitrogen and oxygen atoms in total. The molecule has 1 amide bonds. The van der Waals surface area contributed by atoms with Gasteiger partial charge >= 0.3 is 5.97 Å². The van der Waals surface area contributed by atoms with Gasteiger partial charge in [-0.05, 0) is 36.6 Å². The zero-order chi connectivity index (χ0) is 22.8. The van der Waals surface area contributed by atoms with Gasteiger partial charge in [-0.2, -0.15) is 0 Å². The van der Waals surface area contributed by atoms with Crippen LogP contribution >= 0.6 is 11.8 Å². The average Bonchev–Trinajstić information content (AvgIpc) is 2.82. The van der Waals surface area contributed by atoms with E-state index < -0.39 is 12.0 Å². The maximum atomic E-state index is 13.2. The van der Waals surface area contributed by atoms with Crippen LogP contribution in [0.15, 0.2) is 53.7 Å². The van der Waals surface area contributed by atoms with Gasteiger partial charge in [0.05, 0.1) is 17.1 Å². The Kier molecular flexibility index (Phi) is 6.09. The zero-order valence-electron chi connectivity index (χ0n) is 17.9. The molecule has 164 valence electrons. The molecule has 2 aromatic carbocycles. The summed E-state index contributed by atoms with van der Waals surface area (Å²) >= 11 is 1.25.